The van der Waals surface area contributed by atoms with Gasteiger partial charge in [-0.15, -0.1) is 5.10 Å². The zero-order chi connectivity index (χ0) is 27.6. The fourth-order valence-electron chi connectivity index (χ4n) is 5.37. The van der Waals surface area contributed by atoms with E-state index in [1.165, 1.54) is 0 Å². The van der Waals surface area contributed by atoms with Crippen LogP contribution in [0.3, 0.4) is 0 Å². The number of aromatic amines is 1. The average Bonchev–Trinajstić information content (AvgIpc) is 3.42. The Morgan fingerprint density at radius 1 is 0.975 bits per heavy atom. The molecule has 1 aliphatic heterocycles. The van der Waals surface area contributed by atoms with Crippen LogP contribution in [0, 0.1) is 6.92 Å². The summed E-state index contributed by atoms with van der Waals surface area (Å²) in [7, 11) is 1.64. The van der Waals surface area contributed by atoms with Crippen molar-refractivity contribution in [2.75, 3.05) is 38.2 Å². The van der Waals surface area contributed by atoms with Gasteiger partial charge in [-0.25, -0.2) is 4.68 Å². The molecule has 0 spiro atoms. The Hall–Kier alpha value is -4.70. The summed E-state index contributed by atoms with van der Waals surface area (Å²) in [5, 5.41) is 23.5. The van der Waals surface area contributed by atoms with Crippen molar-refractivity contribution >= 4 is 16.6 Å². The number of phenolic OH excluding ortho intramolecular Hbond substituents is 1. The van der Waals surface area contributed by atoms with Crippen LogP contribution in [0.4, 0.5) is 5.69 Å². The molecule has 40 heavy (non-hydrogen) atoms. The minimum atomic E-state index is -0.441. The molecule has 10 heteroatoms. The topological polar surface area (TPSA) is 112 Å². The predicted octanol–water partition coefficient (Wildman–Crippen LogP) is 3.50. The Balaban J connectivity index is 1.37. The van der Waals surface area contributed by atoms with Crippen molar-refractivity contribution in [1.29, 1.82) is 0 Å². The fraction of sp³-hybridized carbons (Fsp3) is 0.267. The van der Waals surface area contributed by atoms with E-state index in [1.807, 2.05) is 61.5 Å². The lowest BCUT2D eigenvalue weighted by Crippen LogP contribution is -2.49. The molecule has 1 atom stereocenters. The van der Waals surface area contributed by atoms with Crippen LogP contribution in [0.1, 0.15) is 28.6 Å². The van der Waals surface area contributed by atoms with Gasteiger partial charge in [0.2, 0.25) is 0 Å². The van der Waals surface area contributed by atoms with E-state index in [0.717, 1.165) is 46.6 Å². The van der Waals surface area contributed by atoms with E-state index >= 15 is 0 Å². The van der Waals surface area contributed by atoms with Crippen LogP contribution >= 0.6 is 0 Å². The Labute approximate surface area is 231 Å². The van der Waals surface area contributed by atoms with E-state index in [2.05, 4.69) is 36.4 Å². The van der Waals surface area contributed by atoms with Crippen molar-refractivity contribution in [3.8, 4) is 11.5 Å². The van der Waals surface area contributed by atoms with Gasteiger partial charge in [-0.05, 0) is 82.9 Å². The summed E-state index contributed by atoms with van der Waals surface area (Å²) in [5.41, 5.74) is 4.45. The van der Waals surface area contributed by atoms with Crippen LogP contribution in [-0.4, -0.2) is 68.5 Å². The van der Waals surface area contributed by atoms with Gasteiger partial charge in [0.05, 0.1) is 13.7 Å². The van der Waals surface area contributed by atoms with Crippen LogP contribution in [0.15, 0.2) is 77.6 Å². The van der Waals surface area contributed by atoms with E-state index in [1.54, 1.807) is 23.9 Å². The normalized spacial score (nSPS) is 14.9. The first-order chi connectivity index (χ1) is 19.5. The van der Waals surface area contributed by atoms with Crippen molar-refractivity contribution in [2.24, 2.45) is 0 Å². The third kappa shape index (κ3) is 5.13. The van der Waals surface area contributed by atoms with Gasteiger partial charge in [-0.1, -0.05) is 23.8 Å². The highest BCUT2D eigenvalue weighted by Crippen LogP contribution is 2.30. The third-order valence-electron chi connectivity index (χ3n) is 7.51. The van der Waals surface area contributed by atoms with E-state index < -0.39 is 6.04 Å². The van der Waals surface area contributed by atoms with Gasteiger partial charge in [-0.2, -0.15) is 0 Å². The summed E-state index contributed by atoms with van der Waals surface area (Å²) < 4.78 is 7.07. The number of H-pyrrole nitrogens is 1. The molecule has 2 aromatic heterocycles. The van der Waals surface area contributed by atoms with Crippen molar-refractivity contribution in [2.45, 2.75) is 19.5 Å². The Morgan fingerprint density at radius 3 is 2.45 bits per heavy atom. The smallest absolute Gasteiger partial charge is 0.253 e. The molecule has 5 aromatic rings. The number of pyridine rings is 1. The van der Waals surface area contributed by atoms with Gasteiger partial charge < -0.3 is 19.7 Å². The highest BCUT2D eigenvalue weighted by molar-refractivity contribution is 5.79. The summed E-state index contributed by atoms with van der Waals surface area (Å²) in [6.45, 7) is 5.41. The number of aromatic nitrogens is 5. The molecule has 1 fully saturated rings. The number of nitrogens with zero attached hydrogens (tertiary/aromatic N) is 6. The summed E-state index contributed by atoms with van der Waals surface area (Å²) >= 11 is 0. The predicted molar refractivity (Wildman–Crippen MR) is 153 cm³/mol. The molecule has 10 nitrogen and oxygen atoms in total. The number of methoxy groups -OCH3 is 1. The highest BCUT2D eigenvalue weighted by atomic mass is 16.5. The molecule has 1 aliphatic rings. The average molecular weight is 538 g/mol. The number of rotatable bonds is 7. The zero-order valence-corrected chi connectivity index (χ0v) is 22.5. The highest BCUT2D eigenvalue weighted by Gasteiger charge is 2.33. The number of phenols is 1. The van der Waals surface area contributed by atoms with Gasteiger partial charge in [-0.3, -0.25) is 9.69 Å². The minimum Gasteiger partial charge on any atom is -0.508 e. The molecule has 0 amide bonds. The van der Waals surface area contributed by atoms with Crippen molar-refractivity contribution in [1.82, 2.24) is 30.1 Å². The first-order valence-corrected chi connectivity index (χ1v) is 13.3. The molecule has 3 heterocycles. The van der Waals surface area contributed by atoms with Gasteiger partial charge in [0, 0.05) is 42.9 Å². The number of hydrogen-bond donors (Lipinski definition) is 2. The molecule has 0 radical (unpaired) electrons. The first kappa shape index (κ1) is 25.6. The van der Waals surface area contributed by atoms with Crippen LogP contribution in [-0.2, 0) is 6.54 Å². The van der Waals surface area contributed by atoms with Crippen molar-refractivity contribution < 1.29 is 9.84 Å². The van der Waals surface area contributed by atoms with Crippen LogP contribution in [0.2, 0.25) is 0 Å². The molecule has 6 rings (SSSR count). The molecule has 0 aliphatic carbocycles. The molecular weight excluding hydrogens is 506 g/mol. The number of hydrogen-bond acceptors (Lipinski definition) is 8. The number of anilines is 1. The second-order valence-corrected chi connectivity index (χ2v) is 10.1. The summed E-state index contributed by atoms with van der Waals surface area (Å²) in [6, 6.07) is 22.6. The second kappa shape index (κ2) is 10.8. The maximum atomic E-state index is 13.5. The number of nitrogens with one attached hydrogen (secondary N) is 1. The zero-order valence-electron chi connectivity index (χ0n) is 22.5. The monoisotopic (exact) mass is 537 g/mol. The Morgan fingerprint density at radius 2 is 1.73 bits per heavy atom. The molecule has 1 saturated heterocycles. The molecule has 204 valence electrons. The summed E-state index contributed by atoms with van der Waals surface area (Å²) in [5.74, 6) is 1.64. The molecule has 0 saturated carbocycles. The largest absolute Gasteiger partial charge is 0.508 e. The van der Waals surface area contributed by atoms with Crippen LogP contribution < -0.4 is 15.2 Å². The number of piperazine rings is 1. The van der Waals surface area contributed by atoms with E-state index in [-0.39, 0.29) is 11.3 Å². The fourth-order valence-corrected chi connectivity index (χ4v) is 5.37. The second-order valence-electron chi connectivity index (χ2n) is 10.1. The van der Waals surface area contributed by atoms with Crippen molar-refractivity contribution in [3.63, 3.8) is 0 Å². The lowest BCUT2D eigenvalue weighted by atomic mass is 10.0. The van der Waals surface area contributed by atoms with Gasteiger partial charge >= 0.3 is 0 Å². The number of fused-ring (bicyclic) bond motifs is 1. The van der Waals surface area contributed by atoms with Crippen LogP contribution in [0.5, 0.6) is 11.5 Å². The quantitative estimate of drug-likeness (QED) is 0.325. The Kier molecular flexibility index (Phi) is 6.91. The standard InChI is InChI=1S/C30H31N7O3/c1-20-3-12-27-22(17-20)18-26(30(39)31-27)28(36-15-13-35(14-16-36)23-6-8-24(38)9-7-23)29-32-33-34-37(29)19-21-4-10-25(40-2)11-5-21/h3-12,17-18,28,38H,13-16,19H2,1-2H3,(H,31,39)/t28-/m1/s1. The molecule has 0 bridgehead atoms. The first-order valence-electron chi connectivity index (χ1n) is 13.3. The van der Waals surface area contributed by atoms with Crippen molar-refractivity contribution in [3.05, 3.63) is 106 Å². The lowest BCUT2D eigenvalue weighted by Gasteiger charge is -2.39. The SMILES string of the molecule is COc1ccc(Cn2nnnc2[C@@H](c2cc3cc(C)ccc3[nH]c2=O)N2CCN(c3ccc(O)cc3)CC2)cc1. The molecule has 2 N–H and O–H groups in total. The number of aryl methyl sites for hydroxylation is 1. The summed E-state index contributed by atoms with van der Waals surface area (Å²) in [6.07, 6.45) is 0. The lowest BCUT2D eigenvalue weighted by molar-refractivity contribution is 0.200. The summed E-state index contributed by atoms with van der Waals surface area (Å²) in [4.78, 5) is 21.2. The van der Waals surface area contributed by atoms with E-state index in [4.69, 9.17) is 4.74 Å². The number of tetrazole rings is 1. The van der Waals surface area contributed by atoms with Gasteiger partial charge in [0.15, 0.2) is 5.82 Å². The molecule has 3 aromatic carbocycles. The number of aromatic hydroxyl groups is 1. The van der Waals surface area contributed by atoms with E-state index in [0.29, 0.717) is 31.0 Å². The molecule has 0 unspecified atom stereocenters. The maximum absolute atomic E-state index is 13.5. The van der Waals surface area contributed by atoms with Gasteiger partial charge in [0.1, 0.15) is 17.5 Å². The number of benzene rings is 3. The van der Waals surface area contributed by atoms with E-state index in [9.17, 15) is 9.90 Å². The van der Waals surface area contributed by atoms with Gasteiger partial charge in [0.25, 0.3) is 5.56 Å². The third-order valence-corrected chi connectivity index (χ3v) is 7.51. The number of ether oxygens (including phenoxy) is 1. The van der Waals surface area contributed by atoms with Crippen LogP contribution in [0.25, 0.3) is 10.9 Å². The Bertz CT molecular complexity index is 1670. The minimum absolute atomic E-state index is 0.152. The maximum Gasteiger partial charge on any atom is 0.253 e. The molecular formula is C30H31N7O3.